The zero-order valence-electron chi connectivity index (χ0n) is 15.8. The van der Waals surface area contributed by atoms with Crippen molar-refractivity contribution in [3.63, 3.8) is 0 Å². The molecule has 2 rings (SSSR count). The van der Waals surface area contributed by atoms with Crippen molar-refractivity contribution in [1.82, 2.24) is 0 Å². The monoisotopic (exact) mass is 384 g/mol. The Morgan fingerprint density at radius 1 is 1.00 bits per heavy atom. The number of benzene rings is 2. The summed E-state index contributed by atoms with van der Waals surface area (Å²) in [6, 6.07) is 11.6. The number of nitrogens with one attached hydrogen (secondary N) is 1. The number of nitriles is 1. The minimum atomic E-state index is -0.579. The van der Waals surface area contributed by atoms with Gasteiger partial charge in [0.1, 0.15) is 0 Å². The van der Waals surface area contributed by atoms with Gasteiger partial charge in [0.25, 0.3) is 5.91 Å². The van der Waals surface area contributed by atoms with Crippen LogP contribution >= 0.6 is 0 Å². The summed E-state index contributed by atoms with van der Waals surface area (Å²) in [4.78, 5) is 24.0. The van der Waals surface area contributed by atoms with Crippen LogP contribution in [0.25, 0.3) is 0 Å². The molecule has 2 aromatic carbocycles. The van der Waals surface area contributed by atoms with Crippen molar-refractivity contribution in [2.75, 3.05) is 33.3 Å². The number of esters is 1. The largest absolute Gasteiger partial charge is 0.493 e. The van der Waals surface area contributed by atoms with Gasteiger partial charge in [-0.1, -0.05) is 0 Å². The third-order valence-corrected chi connectivity index (χ3v) is 3.73. The van der Waals surface area contributed by atoms with Gasteiger partial charge in [0.2, 0.25) is 5.75 Å². The van der Waals surface area contributed by atoms with Crippen molar-refractivity contribution in [3.05, 3.63) is 47.5 Å². The van der Waals surface area contributed by atoms with E-state index in [1.165, 1.54) is 21.3 Å². The van der Waals surface area contributed by atoms with Crippen molar-refractivity contribution in [2.24, 2.45) is 0 Å². The molecule has 0 fully saturated rings. The third-order valence-electron chi connectivity index (χ3n) is 3.73. The van der Waals surface area contributed by atoms with Gasteiger partial charge >= 0.3 is 5.97 Å². The van der Waals surface area contributed by atoms with Gasteiger partial charge in [0.05, 0.1) is 39.4 Å². The summed E-state index contributed by atoms with van der Waals surface area (Å²) in [5.74, 6) is 0.197. The number of hydrogen-bond donors (Lipinski definition) is 1. The molecule has 8 heteroatoms. The smallest absolute Gasteiger partial charge is 0.310 e. The van der Waals surface area contributed by atoms with Gasteiger partial charge in [0, 0.05) is 5.69 Å². The first kappa shape index (κ1) is 20.6. The maximum atomic E-state index is 12.1. The fourth-order valence-electron chi connectivity index (χ4n) is 2.43. The summed E-state index contributed by atoms with van der Waals surface area (Å²) in [5, 5.41) is 11.3. The van der Waals surface area contributed by atoms with Crippen molar-refractivity contribution < 1.29 is 28.5 Å². The number of methoxy groups -OCH3 is 3. The van der Waals surface area contributed by atoms with E-state index in [1.54, 1.807) is 36.4 Å². The van der Waals surface area contributed by atoms with Crippen molar-refractivity contribution in [2.45, 2.75) is 6.42 Å². The topological polar surface area (TPSA) is 107 Å². The second-order valence-corrected chi connectivity index (χ2v) is 5.61. The molecule has 0 saturated carbocycles. The van der Waals surface area contributed by atoms with E-state index in [0.717, 1.165) is 0 Å². The molecule has 0 bridgehead atoms. The highest BCUT2D eigenvalue weighted by Crippen LogP contribution is 2.38. The van der Waals surface area contributed by atoms with E-state index in [2.05, 4.69) is 5.32 Å². The number of carbonyl (C=O) groups excluding carboxylic acids is 2. The van der Waals surface area contributed by atoms with E-state index in [1.807, 2.05) is 6.07 Å². The lowest BCUT2D eigenvalue weighted by Crippen LogP contribution is -2.21. The molecule has 0 saturated heterocycles. The van der Waals surface area contributed by atoms with Gasteiger partial charge in [0.15, 0.2) is 18.1 Å². The van der Waals surface area contributed by atoms with Crippen LogP contribution in [0.15, 0.2) is 36.4 Å². The first-order chi connectivity index (χ1) is 13.5. The summed E-state index contributed by atoms with van der Waals surface area (Å²) in [7, 11) is 4.44. The maximum Gasteiger partial charge on any atom is 0.310 e. The summed E-state index contributed by atoms with van der Waals surface area (Å²) in [6.07, 6.45) is -0.0686. The Morgan fingerprint density at radius 3 is 2.11 bits per heavy atom. The average molecular weight is 384 g/mol. The zero-order chi connectivity index (χ0) is 20.5. The summed E-state index contributed by atoms with van der Waals surface area (Å²) >= 11 is 0. The van der Waals surface area contributed by atoms with Crippen LogP contribution in [-0.4, -0.2) is 39.8 Å². The summed E-state index contributed by atoms with van der Waals surface area (Å²) in [5.41, 5.74) is 1.58. The van der Waals surface area contributed by atoms with Crippen molar-refractivity contribution >= 4 is 17.6 Å². The standard InChI is InChI=1S/C20H20N2O6/c1-25-16-8-14(9-17(26-2)20(16)27-3)10-19(24)28-12-18(23)22-15-6-4-13(11-21)5-7-15/h4-9H,10,12H2,1-3H3,(H,22,23). The predicted molar refractivity (Wildman–Crippen MR) is 101 cm³/mol. The van der Waals surface area contributed by atoms with Crippen LogP contribution in [0, 0.1) is 11.3 Å². The number of anilines is 1. The number of ether oxygens (including phenoxy) is 4. The highest BCUT2D eigenvalue weighted by molar-refractivity contribution is 5.92. The molecule has 0 atom stereocenters. The number of carbonyl (C=O) groups is 2. The molecule has 2 aromatic rings. The van der Waals surface area contributed by atoms with Crippen molar-refractivity contribution in [3.8, 4) is 23.3 Å². The highest BCUT2D eigenvalue weighted by Gasteiger charge is 2.16. The Hall–Kier alpha value is -3.73. The number of nitrogens with zero attached hydrogens (tertiary/aromatic N) is 1. The highest BCUT2D eigenvalue weighted by atomic mass is 16.5. The average Bonchev–Trinajstić information content (AvgIpc) is 2.72. The Labute approximate surface area is 162 Å². The van der Waals surface area contributed by atoms with E-state index >= 15 is 0 Å². The van der Waals surface area contributed by atoms with Crippen molar-refractivity contribution in [1.29, 1.82) is 5.26 Å². The van der Waals surface area contributed by atoms with Crippen LogP contribution in [0.5, 0.6) is 17.2 Å². The molecular weight excluding hydrogens is 364 g/mol. The lowest BCUT2D eigenvalue weighted by atomic mass is 10.1. The number of hydrogen-bond acceptors (Lipinski definition) is 7. The minimum absolute atomic E-state index is 0.0686. The van der Waals surface area contributed by atoms with Gasteiger partial charge in [-0.15, -0.1) is 0 Å². The molecule has 0 aliphatic carbocycles. The molecule has 1 N–H and O–H groups in total. The van der Waals surface area contributed by atoms with Crippen LogP contribution < -0.4 is 19.5 Å². The first-order valence-electron chi connectivity index (χ1n) is 8.25. The quantitative estimate of drug-likeness (QED) is 0.696. The second kappa shape index (κ2) is 9.83. The molecule has 0 heterocycles. The first-order valence-corrected chi connectivity index (χ1v) is 8.25. The molecule has 0 aliphatic rings. The Bertz CT molecular complexity index is 862. The van der Waals surface area contributed by atoms with Crippen LogP contribution in [0.3, 0.4) is 0 Å². The molecule has 1 amide bonds. The lowest BCUT2D eigenvalue weighted by Gasteiger charge is -2.14. The summed E-state index contributed by atoms with van der Waals surface area (Å²) < 4.78 is 20.7. The third kappa shape index (κ3) is 5.38. The minimum Gasteiger partial charge on any atom is -0.493 e. The molecule has 146 valence electrons. The molecule has 0 unspecified atom stereocenters. The van der Waals surface area contributed by atoms with Gasteiger partial charge in [-0.2, -0.15) is 5.26 Å². The fourth-order valence-corrected chi connectivity index (χ4v) is 2.43. The van der Waals surface area contributed by atoms with Crippen LogP contribution in [-0.2, 0) is 20.7 Å². The van der Waals surface area contributed by atoms with Crippen LogP contribution in [0.2, 0.25) is 0 Å². The fraction of sp³-hybridized carbons (Fsp3) is 0.250. The number of amides is 1. The van der Waals surface area contributed by atoms with Crippen LogP contribution in [0.1, 0.15) is 11.1 Å². The van der Waals surface area contributed by atoms with Gasteiger partial charge in [-0.25, -0.2) is 0 Å². The Kier molecular flexibility index (Phi) is 7.22. The van der Waals surface area contributed by atoms with Crippen LogP contribution in [0.4, 0.5) is 5.69 Å². The molecule has 0 spiro atoms. The lowest BCUT2D eigenvalue weighted by molar-refractivity contribution is -0.146. The van der Waals surface area contributed by atoms with Gasteiger partial charge in [-0.05, 0) is 42.0 Å². The maximum absolute atomic E-state index is 12.1. The second-order valence-electron chi connectivity index (χ2n) is 5.61. The molecule has 8 nitrogen and oxygen atoms in total. The molecule has 0 aromatic heterocycles. The molecule has 0 radical (unpaired) electrons. The van der Waals surface area contributed by atoms with E-state index in [9.17, 15) is 9.59 Å². The van der Waals surface area contributed by atoms with E-state index in [4.69, 9.17) is 24.2 Å². The molecule has 0 aliphatic heterocycles. The Morgan fingerprint density at radius 2 is 1.61 bits per heavy atom. The van der Waals surface area contributed by atoms with E-state index in [0.29, 0.717) is 34.1 Å². The zero-order valence-corrected chi connectivity index (χ0v) is 15.8. The van der Waals surface area contributed by atoms with Gasteiger partial charge in [-0.3, -0.25) is 9.59 Å². The SMILES string of the molecule is COc1cc(CC(=O)OCC(=O)Nc2ccc(C#N)cc2)cc(OC)c1OC. The number of rotatable bonds is 8. The summed E-state index contributed by atoms with van der Waals surface area (Å²) in [6.45, 7) is -0.427. The molecule has 28 heavy (non-hydrogen) atoms. The van der Waals surface area contributed by atoms with E-state index in [-0.39, 0.29) is 6.42 Å². The Balaban J connectivity index is 1.93. The van der Waals surface area contributed by atoms with Gasteiger partial charge < -0.3 is 24.3 Å². The normalized spacial score (nSPS) is 9.79. The molecular formula is C20H20N2O6. The van der Waals surface area contributed by atoms with E-state index < -0.39 is 18.5 Å². The predicted octanol–water partition coefficient (Wildman–Crippen LogP) is 2.31.